The predicted octanol–water partition coefficient (Wildman–Crippen LogP) is 5.33. The molecule has 3 heterocycles. The summed E-state index contributed by atoms with van der Waals surface area (Å²) < 4.78 is 7.59. The van der Waals surface area contributed by atoms with E-state index >= 15 is 0 Å². The second kappa shape index (κ2) is 9.06. The van der Waals surface area contributed by atoms with Crippen LogP contribution >= 0.6 is 23.2 Å². The number of nitrogens with zero attached hydrogens (tertiary/aromatic N) is 3. The summed E-state index contributed by atoms with van der Waals surface area (Å²) in [5.74, 6) is 1.72. The third-order valence-electron chi connectivity index (χ3n) is 7.28. The molecule has 1 saturated carbocycles. The van der Waals surface area contributed by atoms with Gasteiger partial charge in [-0.25, -0.2) is 4.98 Å². The van der Waals surface area contributed by atoms with Crippen molar-refractivity contribution in [2.75, 3.05) is 31.2 Å². The van der Waals surface area contributed by atoms with Crippen molar-refractivity contribution in [3.63, 3.8) is 0 Å². The fourth-order valence-electron chi connectivity index (χ4n) is 5.17. The zero-order chi connectivity index (χ0) is 23.2. The highest BCUT2D eigenvalue weighted by Gasteiger charge is 2.30. The number of ether oxygens (including phenoxy) is 1. The Bertz CT molecular complexity index is 1230. The quantitative estimate of drug-likeness (QED) is 0.516. The Labute approximate surface area is 209 Å². The van der Waals surface area contributed by atoms with Crippen molar-refractivity contribution < 1.29 is 9.53 Å². The van der Waals surface area contributed by atoms with Crippen molar-refractivity contribution in [3.05, 3.63) is 52.0 Å². The number of hydrogen-bond acceptors (Lipinski definition) is 4. The number of hydrogen-bond donors (Lipinski definition) is 1. The van der Waals surface area contributed by atoms with E-state index in [1.165, 1.54) is 18.4 Å². The summed E-state index contributed by atoms with van der Waals surface area (Å²) in [5.41, 5.74) is 4.22. The molecule has 1 amide bonds. The number of aromatic nitrogens is 2. The number of piperidine rings is 1. The molecule has 8 heteroatoms. The summed E-state index contributed by atoms with van der Waals surface area (Å²) in [6, 6.07) is 12.6. The van der Waals surface area contributed by atoms with Gasteiger partial charge in [0.25, 0.3) is 0 Å². The van der Waals surface area contributed by atoms with Gasteiger partial charge in [-0.05, 0) is 67.9 Å². The molecular formula is C26H28Cl2N4O2. The van der Waals surface area contributed by atoms with E-state index in [-0.39, 0.29) is 17.9 Å². The number of carbonyl (C=O) groups is 1. The van der Waals surface area contributed by atoms with Crippen LogP contribution in [0.1, 0.15) is 43.6 Å². The molecule has 2 aliphatic heterocycles. The van der Waals surface area contributed by atoms with Gasteiger partial charge in [0.15, 0.2) is 0 Å². The molecule has 1 N–H and O–H groups in total. The van der Waals surface area contributed by atoms with Crippen LogP contribution in [0.25, 0.3) is 16.7 Å². The summed E-state index contributed by atoms with van der Waals surface area (Å²) in [4.78, 5) is 20.0. The van der Waals surface area contributed by atoms with Crippen molar-refractivity contribution in [1.29, 1.82) is 0 Å². The van der Waals surface area contributed by atoms with E-state index in [2.05, 4.69) is 39.0 Å². The number of nitrogens with one attached hydrogen (secondary N) is 1. The van der Waals surface area contributed by atoms with Gasteiger partial charge in [-0.3, -0.25) is 9.36 Å². The number of halogens is 2. The number of fused-ring (bicyclic) bond motifs is 1. The molecule has 1 aromatic heterocycles. The van der Waals surface area contributed by atoms with Gasteiger partial charge in [0.05, 0.1) is 33.7 Å². The zero-order valence-electron chi connectivity index (χ0n) is 19.0. The minimum absolute atomic E-state index is 0.0248. The lowest BCUT2D eigenvalue weighted by Gasteiger charge is -2.33. The first-order valence-electron chi connectivity index (χ1n) is 12.2. The number of amides is 1. The van der Waals surface area contributed by atoms with Crippen LogP contribution in [0.3, 0.4) is 0 Å². The average Bonchev–Trinajstić information content (AvgIpc) is 3.47. The molecule has 1 aliphatic carbocycles. The second-order valence-electron chi connectivity index (χ2n) is 9.70. The first-order chi connectivity index (χ1) is 16.6. The lowest BCUT2D eigenvalue weighted by Crippen LogP contribution is -2.44. The molecule has 2 saturated heterocycles. The summed E-state index contributed by atoms with van der Waals surface area (Å²) in [5, 5.41) is 4.19. The van der Waals surface area contributed by atoms with E-state index in [4.69, 9.17) is 32.9 Å². The normalized spacial score (nSPS) is 21.4. The van der Waals surface area contributed by atoms with E-state index in [0.717, 1.165) is 61.6 Å². The number of rotatable bonds is 5. The van der Waals surface area contributed by atoms with Crippen LogP contribution in [0.15, 0.2) is 36.4 Å². The van der Waals surface area contributed by atoms with Gasteiger partial charge in [-0.1, -0.05) is 35.3 Å². The highest BCUT2D eigenvalue weighted by molar-refractivity contribution is 6.42. The van der Waals surface area contributed by atoms with Gasteiger partial charge in [-0.2, -0.15) is 0 Å². The minimum Gasteiger partial charge on any atom is -0.379 e. The Morgan fingerprint density at radius 3 is 2.56 bits per heavy atom. The Balaban J connectivity index is 1.30. The van der Waals surface area contributed by atoms with Gasteiger partial charge >= 0.3 is 0 Å². The van der Waals surface area contributed by atoms with Gasteiger partial charge < -0.3 is 15.0 Å². The molecule has 0 radical (unpaired) electrons. The molecule has 6 rings (SSSR count). The highest BCUT2D eigenvalue weighted by Crippen LogP contribution is 2.41. The van der Waals surface area contributed by atoms with Gasteiger partial charge in [0, 0.05) is 31.3 Å². The Morgan fingerprint density at radius 2 is 1.82 bits per heavy atom. The fraction of sp³-hybridized carbons (Fsp3) is 0.462. The number of imidazole rings is 1. The number of benzene rings is 2. The van der Waals surface area contributed by atoms with Crippen molar-refractivity contribution in [2.45, 2.75) is 44.1 Å². The van der Waals surface area contributed by atoms with Gasteiger partial charge in [0.2, 0.25) is 11.9 Å². The van der Waals surface area contributed by atoms with Crippen LogP contribution in [-0.4, -0.2) is 47.8 Å². The van der Waals surface area contributed by atoms with Crippen molar-refractivity contribution >= 4 is 46.1 Å². The van der Waals surface area contributed by atoms with E-state index in [9.17, 15) is 4.79 Å². The summed E-state index contributed by atoms with van der Waals surface area (Å²) in [6.45, 7) is 2.90. The van der Waals surface area contributed by atoms with E-state index in [1.807, 2.05) is 12.1 Å². The SMILES string of the molecule is O=C(NC1CCOC1)C1CCN(c2nc3cc(Cl)c(Cl)cc3n2-c2cccc(C3CC3)c2)CC1. The maximum absolute atomic E-state index is 12.8. The van der Waals surface area contributed by atoms with Crippen molar-refractivity contribution in [2.24, 2.45) is 5.92 Å². The van der Waals surface area contributed by atoms with Crippen LogP contribution in [0.4, 0.5) is 5.95 Å². The first kappa shape index (κ1) is 22.2. The summed E-state index contributed by atoms with van der Waals surface area (Å²) in [7, 11) is 0. The molecular weight excluding hydrogens is 471 g/mol. The molecule has 178 valence electrons. The van der Waals surface area contributed by atoms with Crippen LogP contribution in [0.5, 0.6) is 0 Å². The van der Waals surface area contributed by atoms with Crippen LogP contribution in [-0.2, 0) is 9.53 Å². The molecule has 3 aromatic rings. The summed E-state index contributed by atoms with van der Waals surface area (Å²) >= 11 is 12.7. The molecule has 3 aliphatic rings. The lowest BCUT2D eigenvalue weighted by atomic mass is 9.95. The topological polar surface area (TPSA) is 59.4 Å². The monoisotopic (exact) mass is 498 g/mol. The maximum Gasteiger partial charge on any atom is 0.223 e. The van der Waals surface area contributed by atoms with E-state index in [1.54, 1.807) is 0 Å². The number of anilines is 1. The molecule has 3 fully saturated rings. The maximum atomic E-state index is 12.8. The fourth-order valence-corrected chi connectivity index (χ4v) is 5.49. The molecule has 1 unspecified atom stereocenters. The summed E-state index contributed by atoms with van der Waals surface area (Å²) in [6.07, 6.45) is 5.01. The van der Waals surface area contributed by atoms with Crippen molar-refractivity contribution in [3.8, 4) is 5.69 Å². The average molecular weight is 499 g/mol. The molecule has 2 aromatic carbocycles. The third kappa shape index (κ3) is 4.28. The minimum atomic E-state index is 0.0248. The molecule has 34 heavy (non-hydrogen) atoms. The van der Waals surface area contributed by atoms with Gasteiger partial charge in [0.1, 0.15) is 0 Å². The highest BCUT2D eigenvalue weighted by atomic mass is 35.5. The predicted molar refractivity (Wildman–Crippen MR) is 135 cm³/mol. The first-order valence-corrected chi connectivity index (χ1v) is 12.9. The van der Waals surface area contributed by atoms with E-state index in [0.29, 0.717) is 22.6 Å². The Morgan fingerprint density at radius 1 is 1.03 bits per heavy atom. The second-order valence-corrected chi connectivity index (χ2v) is 10.5. The molecule has 0 bridgehead atoms. The smallest absolute Gasteiger partial charge is 0.223 e. The standard InChI is InChI=1S/C26H28Cl2N4O2/c27-21-13-23-24(14-22(21)28)32(20-3-1-2-18(12-20)16-4-5-16)26(30-23)31-9-6-17(7-10-31)25(33)29-19-8-11-34-15-19/h1-3,12-14,16-17,19H,4-11,15H2,(H,29,33). The molecule has 1 atom stereocenters. The van der Waals surface area contributed by atoms with Crippen LogP contribution < -0.4 is 10.2 Å². The van der Waals surface area contributed by atoms with Crippen LogP contribution in [0.2, 0.25) is 10.0 Å². The molecule has 0 spiro atoms. The number of carbonyl (C=O) groups excluding carboxylic acids is 1. The largest absolute Gasteiger partial charge is 0.379 e. The van der Waals surface area contributed by atoms with E-state index < -0.39 is 0 Å². The van der Waals surface area contributed by atoms with Gasteiger partial charge in [-0.15, -0.1) is 0 Å². The van der Waals surface area contributed by atoms with Crippen molar-refractivity contribution in [1.82, 2.24) is 14.9 Å². The Kier molecular flexibility index (Phi) is 5.92. The lowest BCUT2D eigenvalue weighted by molar-refractivity contribution is -0.126. The zero-order valence-corrected chi connectivity index (χ0v) is 20.5. The molecule has 6 nitrogen and oxygen atoms in total. The van der Waals surface area contributed by atoms with Crippen LogP contribution in [0, 0.1) is 5.92 Å². The third-order valence-corrected chi connectivity index (χ3v) is 8.00. The Hall–Kier alpha value is -2.28.